The van der Waals surface area contributed by atoms with Gasteiger partial charge in [0.05, 0.1) is 31.8 Å². The molecule has 8 nitrogen and oxygen atoms in total. The molecule has 0 amide bonds. The zero-order valence-electron chi connectivity index (χ0n) is 14.4. The van der Waals surface area contributed by atoms with Crippen molar-refractivity contribution in [2.24, 2.45) is 0 Å². The van der Waals surface area contributed by atoms with Crippen LogP contribution in [0, 0.1) is 26.4 Å². The maximum Gasteiger partial charge on any atom is 0.306 e. The number of rotatable bonds is 4. The molecule has 28 heavy (non-hydrogen) atoms. The van der Waals surface area contributed by atoms with Gasteiger partial charge in [-0.15, -0.1) is 0 Å². The van der Waals surface area contributed by atoms with Crippen molar-refractivity contribution in [3.05, 3.63) is 74.0 Å². The molecule has 1 N–H and O–H groups in total. The summed E-state index contributed by atoms with van der Waals surface area (Å²) >= 11 is 2.21. The molecule has 4 rings (SSSR count). The first-order chi connectivity index (χ1) is 13.4. The highest BCUT2D eigenvalue weighted by Gasteiger charge is 2.17. The van der Waals surface area contributed by atoms with Gasteiger partial charge in [-0.25, -0.2) is 15.0 Å². The third-order valence-electron chi connectivity index (χ3n) is 4.14. The minimum atomic E-state index is -0.886. The average molecular weight is 490 g/mol. The van der Waals surface area contributed by atoms with Crippen molar-refractivity contribution in [3.8, 4) is 11.4 Å². The van der Waals surface area contributed by atoms with Gasteiger partial charge in [-0.2, -0.15) is 4.39 Å². The number of halogens is 2. The van der Waals surface area contributed by atoms with Crippen LogP contribution in [0.3, 0.4) is 0 Å². The van der Waals surface area contributed by atoms with Gasteiger partial charge < -0.3 is 5.32 Å². The van der Waals surface area contributed by atoms with E-state index in [1.165, 1.54) is 0 Å². The lowest BCUT2D eigenvalue weighted by atomic mass is 10.1. The first-order valence-corrected chi connectivity index (χ1v) is 9.18. The van der Waals surface area contributed by atoms with Crippen LogP contribution in [0.4, 0.5) is 21.7 Å². The highest BCUT2D eigenvalue weighted by atomic mass is 127. The summed E-state index contributed by atoms with van der Waals surface area (Å²) in [5.41, 5.74) is 2.47. The molecule has 0 atom stereocenters. The summed E-state index contributed by atoms with van der Waals surface area (Å²) < 4.78 is 16.7. The van der Waals surface area contributed by atoms with E-state index < -0.39 is 16.4 Å². The Kier molecular flexibility index (Phi) is 4.63. The van der Waals surface area contributed by atoms with Gasteiger partial charge in [0.15, 0.2) is 5.65 Å². The van der Waals surface area contributed by atoms with E-state index in [1.54, 1.807) is 25.4 Å². The van der Waals surface area contributed by atoms with E-state index >= 15 is 0 Å². The van der Waals surface area contributed by atoms with Gasteiger partial charge in [0.25, 0.3) is 0 Å². The Hall–Kier alpha value is -3.15. The van der Waals surface area contributed by atoms with Gasteiger partial charge >= 0.3 is 5.69 Å². The van der Waals surface area contributed by atoms with Crippen molar-refractivity contribution in [2.45, 2.75) is 6.92 Å². The minimum absolute atomic E-state index is 0.238. The van der Waals surface area contributed by atoms with E-state index in [0.29, 0.717) is 16.9 Å². The Labute approximate surface area is 171 Å². The second kappa shape index (κ2) is 7.11. The van der Waals surface area contributed by atoms with Gasteiger partial charge in [-0.3, -0.25) is 14.5 Å². The molecule has 0 unspecified atom stereocenters. The van der Waals surface area contributed by atoms with E-state index in [-0.39, 0.29) is 5.95 Å². The van der Waals surface area contributed by atoms with Gasteiger partial charge in [-0.1, -0.05) is 0 Å². The normalized spacial score (nSPS) is 11.0. The lowest BCUT2D eigenvalue weighted by Gasteiger charge is -2.09. The van der Waals surface area contributed by atoms with E-state index in [2.05, 4.69) is 42.9 Å². The molecule has 1 aromatic carbocycles. The molecule has 3 heterocycles. The van der Waals surface area contributed by atoms with Crippen LogP contribution in [0.25, 0.3) is 17.0 Å². The van der Waals surface area contributed by atoms with E-state index in [9.17, 15) is 14.5 Å². The van der Waals surface area contributed by atoms with Crippen LogP contribution in [0.1, 0.15) is 5.56 Å². The molecule has 0 spiro atoms. The first-order valence-electron chi connectivity index (χ1n) is 8.10. The van der Waals surface area contributed by atoms with Gasteiger partial charge in [0, 0.05) is 18.5 Å². The first kappa shape index (κ1) is 18.2. The fraction of sp³-hybridized carbons (Fsp3) is 0.0556. The standard InChI is InChI=1S/C18H12FIN6O2/c1-10-7-11(19)15(26(27)28)8-14(10)24-18-21-5-4-13(23-18)16-9-22-17-12(20)3-2-6-25(16)17/h2-9H,1H3,(H,21,23,24). The molecule has 0 bridgehead atoms. The summed E-state index contributed by atoms with van der Waals surface area (Å²) in [4.78, 5) is 23.3. The van der Waals surface area contributed by atoms with Crippen LogP contribution in [0.15, 0.2) is 48.9 Å². The predicted molar refractivity (Wildman–Crippen MR) is 110 cm³/mol. The van der Waals surface area contributed by atoms with Crippen LogP contribution in [-0.4, -0.2) is 24.3 Å². The zero-order valence-corrected chi connectivity index (χ0v) is 16.6. The Morgan fingerprint density at radius 3 is 2.89 bits per heavy atom. The molecule has 0 fully saturated rings. The Bertz CT molecular complexity index is 1230. The average Bonchev–Trinajstić information content (AvgIpc) is 3.09. The fourth-order valence-electron chi connectivity index (χ4n) is 2.78. The maximum atomic E-state index is 13.7. The number of anilines is 2. The molecule has 0 radical (unpaired) electrons. The molecule has 10 heteroatoms. The number of hydrogen-bond donors (Lipinski definition) is 1. The zero-order chi connectivity index (χ0) is 19.8. The van der Waals surface area contributed by atoms with Gasteiger partial charge in [0.1, 0.15) is 0 Å². The number of nitrogens with zero attached hydrogens (tertiary/aromatic N) is 5. The van der Waals surface area contributed by atoms with Crippen molar-refractivity contribution >= 4 is 45.6 Å². The van der Waals surface area contributed by atoms with Crippen LogP contribution in [0.5, 0.6) is 0 Å². The van der Waals surface area contributed by atoms with Crippen LogP contribution in [0.2, 0.25) is 0 Å². The summed E-state index contributed by atoms with van der Waals surface area (Å²) in [6.07, 6.45) is 5.19. The summed E-state index contributed by atoms with van der Waals surface area (Å²) in [6.45, 7) is 1.64. The van der Waals surface area contributed by atoms with E-state index in [1.807, 2.05) is 22.7 Å². The molecule has 3 aromatic heterocycles. The van der Waals surface area contributed by atoms with Crippen LogP contribution < -0.4 is 5.32 Å². The van der Waals surface area contributed by atoms with Crippen molar-refractivity contribution in [3.63, 3.8) is 0 Å². The molecule has 0 saturated heterocycles. The Morgan fingerprint density at radius 2 is 2.11 bits per heavy atom. The molecule has 0 saturated carbocycles. The summed E-state index contributed by atoms with van der Waals surface area (Å²) in [5.74, 6) is -0.648. The topological polar surface area (TPSA) is 98.2 Å². The van der Waals surface area contributed by atoms with Crippen molar-refractivity contribution in [1.29, 1.82) is 0 Å². The SMILES string of the molecule is Cc1cc(F)c([N+](=O)[O-])cc1Nc1nccc(-c2cnc3c(I)cccn23)n1. The van der Waals surface area contributed by atoms with Crippen molar-refractivity contribution < 1.29 is 9.31 Å². The number of aryl methyl sites for hydroxylation is 1. The fourth-order valence-corrected chi connectivity index (χ4v) is 3.39. The summed E-state index contributed by atoms with van der Waals surface area (Å²) in [5, 5.41) is 13.9. The number of benzene rings is 1. The largest absolute Gasteiger partial charge is 0.324 e. The monoisotopic (exact) mass is 490 g/mol. The molecular weight excluding hydrogens is 478 g/mol. The smallest absolute Gasteiger partial charge is 0.306 e. The number of hydrogen-bond acceptors (Lipinski definition) is 6. The number of nitrogens with one attached hydrogen (secondary N) is 1. The number of nitro benzene ring substituents is 1. The van der Waals surface area contributed by atoms with Crippen LogP contribution in [-0.2, 0) is 0 Å². The molecule has 0 aliphatic heterocycles. The van der Waals surface area contributed by atoms with E-state index in [0.717, 1.165) is 27.0 Å². The molecule has 0 aliphatic carbocycles. The summed E-state index contributed by atoms with van der Waals surface area (Å²) in [7, 11) is 0. The highest BCUT2D eigenvalue weighted by Crippen LogP contribution is 2.28. The number of imidazole rings is 1. The number of nitro groups is 1. The lowest BCUT2D eigenvalue weighted by molar-refractivity contribution is -0.387. The number of aromatic nitrogens is 4. The summed E-state index contributed by atoms with van der Waals surface area (Å²) in [6, 6.07) is 7.87. The van der Waals surface area contributed by atoms with Gasteiger partial charge in [0.2, 0.25) is 11.8 Å². The minimum Gasteiger partial charge on any atom is -0.324 e. The van der Waals surface area contributed by atoms with Gasteiger partial charge in [-0.05, 0) is 59.3 Å². The molecule has 4 aromatic rings. The van der Waals surface area contributed by atoms with Crippen LogP contribution >= 0.6 is 22.6 Å². The molecule has 0 aliphatic rings. The second-order valence-corrected chi connectivity index (χ2v) is 7.12. The third-order valence-corrected chi connectivity index (χ3v) is 4.99. The van der Waals surface area contributed by atoms with E-state index in [4.69, 9.17) is 0 Å². The predicted octanol–water partition coefficient (Wildman–Crippen LogP) is 4.50. The highest BCUT2D eigenvalue weighted by molar-refractivity contribution is 14.1. The quantitative estimate of drug-likeness (QED) is 0.257. The maximum absolute atomic E-state index is 13.7. The Balaban J connectivity index is 1.73. The second-order valence-electron chi connectivity index (χ2n) is 5.96. The third kappa shape index (κ3) is 3.26. The van der Waals surface area contributed by atoms with Crippen molar-refractivity contribution in [1.82, 2.24) is 19.4 Å². The molecule has 140 valence electrons. The molecular formula is C18H12FIN6O2. The van der Waals surface area contributed by atoms with Crippen molar-refractivity contribution in [2.75, 3.05) is 5.32 Å². The number of fused-ring (bicyclic) bond motifs is 1. The number of pyridine rings is 1. The Morgan fingerprint density at radius 1 is 1.29 bits per heavy atom. The lowest BCUT2D eigenvalue weighted by Crippen LogP contribution is -2.02.